The first kappa shape index (κ1) is 26.4. The lowest BCUT2D eigenvalue weighted by molar-refractivity contribution is -0.129. The van der Waals surface area contributed by atoms with Gasteiger partial charge in [-0.15, -0.1) is 0 Å². The molecule has 0 spiro atoms. The minimum Gasteiger partial charge on any atom is -0.465 e. The molecule has 0 aliphatic heterocycles. The Morgan fingerprint density at radius 1 is 1.11 bits per heavy atom. The van der Waals surface area contributed by atoms with E-state index in [1.165, 1.54) is 18.9 Å². The fraction of sp³-hybridized carbons (Fsp3) is 0.385. The minimum atomic E-state index is -0.501. The van der Waals surface area contributed by atoms with Crippen molar-refractivity contribution in [3.8, 4) is 0 Å². The van der Waals surface area contributed by atoms with E-state index in [0.29, 0.717) is 47.9 Å². The Morgan fingerprint density at radius 2 is 1.86 bits per heavy atom. The number of esters is 1. The number of ether oxygens (including phenoxy) is 2. The highest BCUT2D eigenvalue weighted by Crippen LogP contribution is 2.21. The smallest absolute Gasteiger partial charge is 0.337 e. The average Bonchev–Trinajstić information content (AvgIpc) is 2.86. The molecule has 0 unspecified atom stereocenters. The molecular weight excluding hydrogens is 466 g/mol. The Labute approximate surface area is 209 Å². The highest BCUT2D eigenvalue weighted by molar-refractivity contribution is 7.99. The van der Waals surface area contributed by atoms with Crippen LogP contribution < -0.4 is 5.56 Å². The standard InChI is InChI=1S/C26H31N3O5S/c1-18(2)15-29-24(31)21-11-10-20(25(32)34-4)14-22(21)27-26(29)35-17-23(30)28(12-13-33-3)16-19-8-6-5-7-9-19/h5-11,14,18H,12-13,15-17H2,1-4H3. The summed E-state index contributed by atoms with van der Waals surface area (Å²) in [5.74, 6) is -0.264. The van der Waals surface area contributed by atoms with E-state index in [2.05, 4.69) is 4.98 Å². The minimum absolute atomic E-state index is 0.0790. The molecule has 3 rings (SSSR count). The summed E-state index contributed by atoms with van der Waals surface area (Å²) in [4.78, 5) is 44.8. The van der Waals surface area contributed by atoms with Crippen LogP contribution in [0.1, 0.15) is 29.8 Å². The summed E-state index contributed by atoms with van der Waals surface area (Å²) in [5.41, 5.74) is 1.54. The molecule has 0 atom stereocenters. The zero-order valence-electron chi connectivity index (χ0n) is 20.5. The largest absolute Gasteiger partial charge is 0.465 e. The van der Waals surface area contributed by atoms with Crippen LogP contribution in [0.15, 0.2) is 58.5 Å². The van der Waals surface area contributed by atoms with Crippen LogP contribution in [0, 0.1) is 5.92 Å². The van der Waals surface area contributed by atoms with Gasteiger partial charge in [0.05, 0.1) is 35.9 Å². The summed E-state index contributed by atoms with van der Waals surface area (Å²) in [6.45, 7) is 5.85. The highest BCUT2D eigenvalue weighted by atomic mass is 32.2. The van der Waals surface area contributed by atoms with Gasteiger partial charge in [0.25, 0.3) is 5.56 Å². The van der Waals surface area contributed by atoms with Crippen LogP contribution >= 0.6 is 11.8 Å². The number of fused-ring (bicyclic) bond motifs is 1. The molecule has 0 fully saturated rings. The first-order valence-electron chi connectivity index (χ1n) is 11.4. The van der Waals surface area contributed by atoms with Crippen molar-refractivity contribution in [2.24, 2.45) is 5.92 Å². The maximum Gasteiger partial charge on any atom is 0.337 e. The summed E-state index contributed by atoms with van der Waals surface area (Å²) in [5, 5.41) is 0.859. The van der Waals surface area contributed by atoms with Crippen molar-refractivity contribution in [2.75, 3.05) is 33.1 Å². The zero-order valence-corrected chi connectivity index (χ0v) is 21.3. The topological polar surface area (TPSA) is 90.7 Å². The summed E-state index contributed by atoms with van der Waals surface area (Å²) in [7, 11) is 2.91. The van der Waals surface area contributed by atoms with E-state index in [-0.39, 0.29) is 23.1 Å². The third-order valence-corrected chi connectivity index (χ3v) is 6.31. The number of carbonyl (C=O) groups is 2. The number of hydrogen-bond donors (Lipinski definition) is 0. The maximum atomic E-state index is 13.3. The lowest BCUT2D eigenvalue weighted by Crippen LogP contribution is -2.35. The van der Waals surface area contributed by atoms with E-state index in [4.69, 9.17) is 9.47 Å². The van der Waals surface area contributed by atoms with Gasteiger partial charge in [0.1, 0.15) is 0 Å². The van der Waals surface area contributed by atoms with Crippen LogP contribution in [0.4, 0.5) is 0 Å². The molecule has 9 heteroatoms. The molecule has 35 heavy (non-hydrogen) atoms. The van der Waals surface area contributed by atoms with Crippen LogP contribution in [-0.4, -0.2) is 59.5 Å². The van der Waals surface area contributed by atoms with Crippen molar-refractivity contribution in [1.82, 2.24) is 14.5 Å². The number of aromatic nitrogens is 2. The molecule has 186 valence electrons. The molecular formula is C26H31N3O5S. The zero-order chi connectivity index (χ0) is 25.4. The summed E-state index contributed by atoms with van der Waals surface area (Å²) in [6, 6.07) is 14.5. The molecule has 0 saturated carbocycles. The first-order valence-corrected chi connectivity index (χ1v) is 12.4. The number of benzene rings is 2. The van der Waals surface area contributed by atoms with Gasteiger partial charge in [-0.2, -0.15) is 0 Å². The van der Waals surface area contributed by atoms with Crippen molar-refractivity contribution in [3.05, 3.63) is 70.0 Å². The van der Waals surface area contributed by atoms with Crippen molar-refractivity contribution in [1.29, 1.82) is 0 Å². The number of rotatable bonds is 11. The third kappa shape index (κ3) is 6.93. The molecule has 8 nitrogen and oxygen atoms in total. The number of thioether (sulfide) groups is 1. The second-order valence-corrected chi connectivity index (χ2v) is 9.45. The van der Waals surface area contributed by atoms with Gasteiger partial charge in [0.15, 0.2) is 5.16 Å². The van der Waals surface area contributed by atoms with Gasteiger partial charge in [0, 0.05) is 26.7 Å². The first-order chi connectivity index (χ1) is 16.8. The number of amides is 1. The Bertz CT molecular complexity index is 1230. The number of nitrogens with zero attached hydrogens (tertiary/aromatic N) is 3. The van der Waals surface area contributed by atoms with Crippen LogP contribution in [0.3, 0.4) is 0 Å². The van der Waals surface area contributed by atoms with E-state index < -0.39 is 5.97 Å². The molecule has 1 heterocycles. The lowest BCUT2D eigenvalue weighted by Gasteiger charge is -2.23. The van der Waals surface area contributed by atoms with Gasteiger partial charge >= 0.3 is 5.97 Å². The molecule has 0 N–H and O–H groups in total. The predicted molar refractivity (Wildman–Crippen MR) is 137 cm³/mol. The predicted octanol–water partition coefficient (Wildman–Crippen LogP) is 3.61. The Morgan fingerprint density at radius 3 is 2.51 bits per heavy atom. The van der Waals surface area contributed by atoms with Crippen LogP contribution in [-0.2, 0) is 27.4 Å². The molecule has 1 amide bonds. The number of hydrogen-bond acceptors (Lipinski definition) is 7. The van der Waals surface area contributed by atoms with E-state index in [9.17, 15) is 14.4 Å². The van der Waals surface area contributed by atoms with Gasteiger partial charge in [-0.25, -0.2) is 9.78 Å². The molecule has 1 aromatic heterocycles. The van der Waals surface area contributed by atoms with Crippen molar-refractivity contribution >= 4 is 34.5 Å². The van der Waals surface area contributed by atoms with Crippen LogP contribution in [0.5, 0.6) is 0 Å². The van der Waals surface area contributed by atoms with Gasteiger partial charge in [-0.1, -0.05) is 55.9 Å². The Balaban J connectivity index is 1.90. The van der Waals surface area contributed by atoms with E-state index in [1.807, 2.05) is 44.2 Å². The average molecular weight is 498 g/mol. The van der Waals surface area contributed by atoms with Gasteiger partial charge < -0.3 is 14.4 Å². The second kappa shape index (κ2) is 12.5. The monoisotopic (exact) mass is 497 g/mol. The van der Waals surface area contributed by atoms with E-state index >= 15 is 0 Å². The maximum absolute atomic E-state index is 13.3. The van der Waals surface area contributed by atoms with Crippen molar-refractivity contribution in [3.63, 3.8) is 0 Å². The van der Waals surface area contributed by atoms with Gasteiger partial charge in [0.2, 0.25) is 5.91 Å². The molecule has 3 aromatic rings. The van der Waals surface area contributed by atoms with E-state index in [1.54, 1.807) is 34.8 Å². The molecule has 2 aromatic carbocycles. The molecule has 0 saturated heterocycles. The lowest BCUT2D eigenvalue weighted by atomic mass is 10.1. The second-order valence-electron chi connectivity index (χ2n) is 8.51. The van der Waals surface area contributed by atoms with Crippen LogP contribution in [0.2, 0.25) is 0 Å². The number of methoxy groups -OCH3 is 2. The molecule has 0 aliphatic carbocycles. The van der Waals surface area contributed by atoms with Crippen molar-refractivity contribution < 1.29 is 19.1 Å². The van der Waals surface area contributed by atoms with E-state index in [0.717, 1.165) is 5.56 Å². The summed E-state index contributed by atoms with van der Waals surface area (Å²) < 4.78 is 11.6. The third-order valence-electron chi connectivity index (χ3n) is 5.35. The van der Waals surface area contributed by atoms with Gasteiger partial charge in [-0.05, 0) is 29.7 Å². The van der Waals surface area contributed by atoms with Gasteiger partial charge in [-0.3, -0.25) is 14.2 Å². The molecule has 0 bridgehead atoms. The fourth-order valence-corrected chi connectivity index (χ4v) is 4.51. The number of carbonyl (C=O) groups excluding carboxylic acids is 2. The normalized spacial score (nSPS) is 11.1. The summed E-state index contributed by atoms with van der Waals surface area (Å²) >= 11 is 1.22. The Hall–Kier alpha value is -3.17. The van der Waals surface area contributed by atoms with Crippen molar-refractivity contribution in [2.45, 2.75) is 32.1 Å². The van der Waals surface area contributed by atoms with Crippen LogP contribution in [0.25, 0.3) is 10.9 Å². The quantitative estimate of drug-likeness (QED) is 0.227. The summed E-state index contributed by atoms with van der Waals surface area (Å²) in [6.07, 6.45) is 0. The SMILES string of the molecule is COCCN(Cc1ccccc1)C(=O)CSc1nc2cc(C(=O)OC)ccc2c(=O)n1CC(C)C. The molecule has 0 radical (unpaired) electrons. The Kier molecular flexibility index (Phi) is 9.45. The molecule has 0 aliphatic rings. The fourth-order valence-electron chi connectivity index (χ4n) is 3.60. The highest BCUT2D eigenvalue weighted by Gasteiger charge is 2.19.